The molecule has 0 atom stereocenters. The molecule has 0 amide bonds. The zero-order valence-electron chi connectivity index (χ0n) is 8.67. The van der Waals surface area contributed by atoms with E-state index in [4.69, 9.17) is 0 Å². The van der Waals surface area contributed by atoms with Gasteiger partial charge in [0.25, 0.3) is 0 Å². The van der Waals surface area contributed by atoms with Crippen LogP contribution in [0.4, 0.5) is 5.69 Å². The Hall–Kier alpha value is -1.50. The zero-order valence-corrected chi connectivity index (χ0v) is 8.67. The normalized spacial score (nSPS) is 10.4. The van der Waals surface area contributed by atoms with Gasteiger partial charge in [-0.3, -0.25) is 0 Å². The van der Waals surface area contributed by atoms with E-state index >= 15 is 0 Å². The van der Waals surface area contributed by atoms with Crippen LogP contribution in [-0.2, 0) is 6.42 Å². The van der Waals surface area contributed by atoms with Crippen LogP contribution in [0.2, 0.25) is 0 Å². The van der Waals surface area contributed by atoms with Crippen molar-refractivity contribution in [2.45, 2.75) is 13.3 Å². The summed E-state index contributed by atoms with van der Waals surface area (Å²) in [5.41, 5.74) is 2.60. The van der Waals surface area contributed by atoms with Gasteiger partial charge in [-0.2, -0.15) is 0 Å². The van der Waals surface area contributed by atoms with Crippen molar-refractivity contribution < 1.29 is 0 Å². The van der Waals surface area contributed by atoms with Crippen LogP contribution in [0.1, 0.15) is 12.5 Å². The minimum absolute atomic E-state index is 1.08. The molecule has 0 aliphatic carbocycles. The fourth-order valence-corrected chi connectivity index (χ4v) is 1.78. The molecule has 0 saturated carbocycles. The third-order valence-corrected chi connectivity index (χ3v) is 2.60. The Kier molecular flexibility index (Phi) is 2.40. The summed E-state index contributed by atoms with van der Waals surface area (Å²) in [5.74, 6) is 0. The Morgan fingerprint density at radius 2 is 1.93 bits per heavy atom. The van der Waals surface area contributed by atoms with Crippen molar-refractivity contribution in [3.8, 4) is 0 Å². The molecule has 14 heavy (non-hydrogen) atoms. The average Bonchev–Trinajstić information content (AvgIpc) is 2.27. The first-order valence-electron chi connectivity index (χ1n) is 5.04. The number of rotatable bonds is 2. The van der Waals surface area contributed by atoms with Crippen LogP contribution in [0.5, 0.6) is 0 Å². The van der Waals surface area contributed by atoms with Gasteiger partial charge in [-0.1, -0.05) is 37.3 Å². The van der Waals surface area contributed by atoms with Crippen molar-refractivity contribution in [1.29, 1.82) is 0 Å². The Labute approximate surface area is 84.8 Å². The topological polar surface area (TPSA) is 12.0 Å². The summed E-state index contributed by atoms with van der Waals surface area (Å²) in [4.78, 5) is 0. The Morgan fingerprint density at radius 1 is 1.14 bits per heavy atom. The summed E-state index contributed by atoms with van der Waals surface area (Å²) in [5, 5.41) is 5.86. The molecule has 0 spiro atoms. The molecule has 0 aromatic heterocycles. The van der Waals surface area contributed by atoms with Crippen molar-refractivity contribution in [1.82, 2.24) is 0 Å². The highest BCUT2D eigenvalue weighted by Crippen LogP contribution is 2.25. The highest BCUT2D eigenvalue weighted by molar-refractivity contribution is 5.94. The summed E-state index contributed by atoms with van der Waals surface area (Å²) < 4.78 is 0. The fraction of sp³-hybridized carbons (Fsp3) is 0.231. The SMILES string of the molecule is CCc1cc(NC)c2ccccc2c1. The number of hydrogen-bond donors (Lipinski definition) is 1. The number of hydrogen-bond acceptors (Lipinski definition) is 1. The predicted molar refractivity (Wildman–Crippen MR) is 62.9 cm³/mol. The zero-order chi connectivity index (χ0) is 9.97. The van der Waals surface area contributed by atoms with E-state index in [-0.39, 0.29) is 0 Å². The van der Waals surface area contributed by atoms with E-state index < -0.39 is 0 Å². The predicted octanol–water partition coefficient (Wildman–Crippen LogP) is 3.44. The van der Waals surface area contributed by atoms with E-state index in [9.17, 15) is 0 Å². The maximum absolute atomic E-state index is 3.24. The Balaban J connectivity index is 2.73. The molecule has 1 heteroatoms. The van der Waals surface area contributed by atoms with Crippen LogP contribution in [0.3, 0.4) is 0 Å². The van der Waals surface area contributed by atoms with Crippen molar-refractivity contribution in [3.63, 3.8) is 0 Å². The van der Waals surface area contributed by atoms with E-state index in [0.717, 1.165) is 6.42 Å². The van der Waals surface area contributed by atoms with E-state index in [1.54, 1.807) is 0 Å². The molecule has 0 aliphatic rings. The van der Waals surface area contributed by atoms with Crippen LogP contribution in [0.15, 0.2) is 36.4 Å². The van der Waals surface area contributed by atoms with Gasteiger partial charge >= 0.3 is 0 Å². The third-order valence-electron chi connectivity index (χ3n) is 2.60. The van der Waals surface area contributed by atoms with Crippen molar-refractivity contribution >= 4 is 16.5 Å². The quantitative estimate of drug-likeness (QED) is 0.755. The van der Waals surface area contributed by atoms with E-state index in [0.29, 0.717) is 0 Å². The molecule has 1 N–H and O–H groups in total. The van der Waals surface area contributed by atoms with Crippen LogP contribution in [0.25, 0.3) is 10.8 Å². The molecule has 0 saturated heterocycles. The lowest BCUT2D eigenvalue weighted by atomic mass is 10.0. The van der Waals surface area contributed by atoms with Crippen LogP contribution in [-0.4, -0.2) is 7.05 Å². The van der Waals surface area contributed by atoms with E-state index in [2.05, 4.69) is 48.6 Å². The Bertz CT molecular complexity index is 446. The van der Waals surface area contributed by atoms with Gasteiger partial charge in [0.15, 0.2) is 0 Å². The minimum atomic E-state index is 1.08. The van der Waals surface area contributed by atoms with Gasteiger partial charge in [-0.25, -0.2) is 0 Å². The molecular weight excluding hydrogens is 170 g/mol. The van der Waals surface area contributed by atoms with Gasteiger partial charge in [0.1, 0.15) is 0 Å². The summed E-state index contributed by atoms with van der Waals surface area (Å²) >= 11 is 0. The number of nitrogens with one attached hydrogen (secondary N) is 1. The van der Waals surface area contributed by atoms with E-state index in [1.807, 2.05) is 7.05 Å². The largest absolute Gasteiger partial charge is 0.388 e. The van der Waals surface area contributed by atoms with E-state index in [1.165, 1.54) is 22.0 Å². The second-order valence-corrected chi connectivity index (χ2v) is 3.47. The molecule has 0 heterocycles. The lowest BCUT2D eigenvalue weighted by Gasteiger charge is -2.08. The highest BCUT2D eigenvalue weighted by Gasteiger charge is 2.00. The molecule has 0 aliphatic heterocycles. The number of anilines is 1. The van der Waals surface area contributed by atoms with Crippen LogP contribution >= 0.6 is 0 Å². The molecule has 0 unspecified atom stereocenters. The average molecular weight is 185 g/mol. The summed E-state index contributed by atoms with van der Waals surface area (Å²) in [6.45, 7) is 2.18. The highest BCUT2D eigenvalue weighted by atomic mass is 14.8. The van der Waals surface area contributed by atoms with Crippen LogP contribution < -0.4 is 5.32 Å². The first kappa shape index (κ1) is 9.07. The van der Waals surface area contributed by atoms with Gasteiger partial charge in [0, 0.05) is 18.1 Å². The molecular formula is C13H15N. The monoisotopic (exact) mass is 185 g/mol. The fourth-order valence-electron chi connectivity index (χ4n) is 1.78. The minimum Gasteiger partial charge on any atom is -0.388 e. The second kappa shape index (κ2) is 3.70. The first-order valence-corrected chi connectivity index (χ1v) is 5.04. The number of aryl methyl sites for hydroxylation is 1. The van der Waals surface area contributed by atoms with Gasteiger partial charge in [-0.15, -0.1) is 0 Å². The number of fused-ring (bicyclic) bond motifs is 1. The summed E-state index contributed by atoms with van der Waals surface area (Å²) in [7, 11) is 1.97. The van der Waals surface area contributed by atoms with Gasteiger partial charge in [0.2, 0.25) is 0 Å². The number of benzene rings is 2. The Morgan fingerprint density at radius 3 is 2.64 bits per heavy atom. The molecule has 2 aromatic rings. The molecule has 2 aromatic carbocycles. The van der Waals surface area contributed by atoms with Crippen molar-refractivity contribution in [2.24, 2.45) is 0 Å². The lowest BCUT2D eigenvalue weighted by molar-refractivity contribution is 1.15. The van der Waals surface area contributed by atoms with Crippen molar-refractivity contribution in [3.05, 3.63) is 42.0 Å². The standard InChI is InChI=1S/C13H15N/c1-3-10-8-11-6-4-5-7-12(11)13(9-10)14-2/h4-9,14H,3H2,1-2H3. The molecule has 0 radical (unpaired) electrons. The smallest absolute Gasteiger partial charge is 0.0420 e. The van der Waals surface area contributed by atoms with Crippen LogP contribution in [0, 0.1) is 0 Å². The van der Waals surface area contributed by atoms with Gasteiger partial charge < -0.3 is 5.32 Å². The van der Waals surface area contributed by atoms with Gasteiger partial charge in [-0.05, 0) is 23.4 Å². The molecule has 0 bridgehead atoms. The molecule has 72 valence electrons. The summed E-state index contributed by atoms with van der Waals surface area (Å²) in [6.07, 6.45) is 1.08. The maximum Gasteiger partial charge on any atom is 0.0420 e. The van der Waals surface area contributed by atoms with Gasteiger partial charge in [0.05, 0.1) is 0 Å². The molecule has 1 nitrogen and oxygen atoms in total. The first-order chi connectivity index (χ1) is 6.85. The molecule has 2 rings (SSSR count). The van der Waals surface area contributed by atoms with Crippen molar-refractivity contribution in [2.75, 3.05) is 12.4 Å². The summed E-state index contributed by atoms with van der Waals surface area (Å²) in [6, 6.07) is 13.0. The molecule has 0 fully saturated rings. The third kappa shape index (κ3) is 1.46. The second-order valence-electron chi connectivity index (χ2n) is 3.47. The maximum atomic E-state index is 3.24. The lowest BCUT2D eigenvalue weighted by Crippen LogP contribution is -1.91.